The second-order valence-corrected chi connectivity index (χ2v) is 9.34. The van der Waals surface area contributed by atoms with E-state index in [2.05, 4.69) is 25.3 Å². The van der Waals surface area contributed by atoms with Gasteiger partial charge in [-0.05, 0) is 80.0 Å². The average molecular weight is 332 g/mol. The average Bonchev–Trinajstić information content (AvgIpc) is 2.92. The molecule has 0 aromatic carbocycles. The molecule has 4 aliphatic carbocycles. The number of nitrogens with two attached hydrogens (primary N) is 1. The number of aliphatic hydroxyl groups is 1. The maximum atomic E-state index is 12.3. The van der Waals surface area contributed by atoms with Crippen LogP contribution in [0.5, 0.6) is 0 Å². The maximum absolute atomic E-state index is 12.3. The molecule has 24 heavy (non-hydrogen) atoms. The van der Waals surface area contributed by atoms with Crippen LogP contribution in [-0.2, 0) is 4.79 Å². The van der Waals surface area contributed by atoms with Crippen molar-refractivity contribution in [2.24, 2.45) is 40.3 Å². The normalized spacial score (nSPS) is 50.3. The third-order valence-corrected chi connectivity index (χ3v) is 8.54. The van der Waals surface area contributed by atoms with E-state index in [4.69, 9.17) is 5.84 Å². The second kappa shape index (κ2) is 5.57. The highest BCUT2D eigenvalue weighted by Gasteiger charge is 2.59. The van der Waals surface area contributed by atoms with E-state index in [1.807, 2.05) is 0 Å². The van der Waals surface area contributed by atoms with Gasteiger partial charge in [0.15, 0.2) is 0 Å². The number of allylic oxidation sites excluding steroid dienone is 1. The Kier molecular flexibility index (Phi) is 3.85. The largest absolute Gasteiger partial charge is 0.393 e. The first-order valence-electron chi connectivity index (χ1n) is 9.78. The van der Waals surface area contributed by atoms with Crippen molar-refractivity contribution in [2.45, 2.75) is 71.3 Å². The Balaban J connectivity index is 1.64. The summed E-state index contributed by atoms with van der Waals surface area (Å²) in [6.07, 6.45) is 10.9. The van der Waals surface area contributed by atoms with E-state index < -0.39 is 0 Å². The van der Waals surface area contributed by atoms with Gasteiger partial charge >= 0.3 is 0 Å². The Morgan fingerprint density at radius 3 is 2.75 bits per heavy atom. The van der Waals surface area contributed by atoms with Crippen molar-refractivity contribution in [1.82, 2.24) is 5.43 Å². The smallest absolute Gasteiger partial charge is 0.237 e. The molecule has 0 bridgehead atoms. The summed E-state index contributed by atoms with van der Waals surface area (Å²) in [5, 5.41) is 10.1. The minimum Gasteiger partial charge on any atom is -0.393 e. The zero-order chi connectivity index (χ0) is 17.1. The predicted molar refractivity (Wildman–Crippen MR) is 93.5 cm³/mol. The van der Waals surface area contributed by atoms with Crippen molar-refractivity contribution in [3.05, 3.63) is 11.6 Å². The quantitative estimate of drug-likeness (QED) is 0.299. The summed E-state index contributed by atoms with van der Waals surface area (Å²) < 4.78 is 0. The number of aliphatic hydroxyl groups excluding tert-OH is 1. The maximum Gasteiger partial charge on any atom is 0.237 e. The first kappa shape index (κ1) is 16.6. The molecule has 0 heterocycles. The van der Waals surface area contributed by atoms with Crippen LogP contribution in [0.2, 0.25) is 0 Å². The summed E-state index contributed by atoms with van der Waals surface area (Å²) in [6.45, 7) is 4.79. The van der Waals surface area contributed by atoms with Gasteiger partial charge in [0.1, 0.15) is 0 Å². The minimum absolute atomic E-state index is 0.0393. The molecule has 4 heteroatoms. The molecule has 0 spiro atoms. The van der Waals surface area contributed by atoms with Crippen LogP contribution in [0.15, 0.2) is 11.6 Å². The first-order valence-corrected chi connectivity index (χ1v) is 9.78. The van der Waals surface area contributed by atoms with E-state index in [0.29, 0.717) is 11.8 Å². The molecule has 3 fully saturated rings. The molecular weight excluding hydrogens is 300 g/mol. The highest BCUT2D eigenvalue weighted by molar-refractivity contribution is 5.79. The number of hydrogen-bond donors (Lipinski definition) is 3. The Bertz CT molecular complexity index is 574. The monoisotopic (exact) mass is 332 g/mol. The van der Waals surface area contributed by atoms with Crippen molar-refractivity contribution < 1.29 is 9.90 Å². The van der Waals surface area contributed by atoms with Gasteiger partial charge in [-0.3, -0.25) is 10.2 Å². The molecule has 1 amide bonds. The number of amides is 1. The second-order valence-electron chi connectivity index (χ2n) is 9.34. The van der Waals surface area contributed by atoms with Crippen molar-refractivity contribution in [3.63, 3.8) is 0 Å². The van der Waals surface area contributed by atoms with Crippen molar-refractivity contribution in [2.75, 3.05) is 0 Å². The van der Waals surface area contributed by atoms with Gasteiger partial charge in [0, 0.05) is 5.92 Å². The Morgan fingerprint density at radius 2 is 2.00 bits per heavy atom. The molecule has 4 N–H and O–H groups in total. The lowest BCUT2D eigenvalue weighted by molar-refractivity contribution is -0.131. The standard InChI is InChI=1S/C20H32N2O2/c1-19-9-7-13(23)11-12(19)3-4-14-15-5-6-17(18(24)22-21)20(15,2)10-8-16(14)19/h3,13-17,23H,4-11,21H2,1-2H3,(H,22,24)/t13-,14-,15-,16-,17+,19+,20+/m1/s1. The first-order chi connectivity index (χ1) is 11.4. The van der Waals surface area contributed by atoms with E-state index >= 15 is 0 Å². The number of hydrogen-bond acceptors (Lipinski definition) is 3. The summed E-state index contributed by atoms with van der Waals surface area (Å²) in [5.74, 6) is 7.64. The molecule has 0 aliphatic heterocycles. The fraction of sp³-hybridized carbons (Fsp3) is 0.850. The zero-order valence-corrected chi connectivity index (χ0v) is 15.1. The summed E-state index contributed by atoms with van der Waals surface area (Å²) in [7, 11) is 0. The minimum atomic E-state index is -0.140. The summed E-state index contributed by atoms with van der Waals surface area (Å²) in [5.41, 5.74) is 4.32. The highest BCUT2D eigenvalue weighted by atomic mass is 16.3. The van der Waals surface area contributed by atoms with Crippen molar-refractivity contribution in [1.29, 1.82) is 0 Å². The molecule has 4 rings (SSSR count). The van der Waals surface area contributed by atoms with Crippen LogP contribution in [0.3, 0.4) is 0 Å². The molecular formula is C20H32N2O2. The number of carbonyl (C=O) groups is 1. The zero-order valence-electron chi connectivity index (χ0n) is 15.1. The molecule has 0 aromatic rings. The number of hydrazine groups is 1. The fourth-order valence-electron chi connectivity index (χ4n) is 7.17. The van der Waals surface area contributed by atoms with Crippen molar-refractivity contribution >= 4 is 5.91 Å². The van der Waals surface area contributed by atoms with Crippen LogP contribution in [0, 0.1) is 34.5 Å². The molecule has 3 saturated carbocycles. The van der Waals surface area contributed by atoms with Crippen LogP contribution in [0.25, 0.3) is 0 Å². The van der Waals surface area contributed by atoms with Gasteiger partial charge in [-0.1, -0.05) is 25.5 Å². The fourth-order valence-corrected chi connectivity index (χ4v) is 7.17. The molecule has 0 unspecified atom stereocenters. The third kappa shape index (κ3) is 2.15. The molecule has 7 atom stereocenters. The van der Waals surface area contributed by atoms with Crippen molar-refractivity contribution in [3.8, 4) is 0 Å². The summed E-state index contributed by atoms with van der Waals surface area (Å²) in [4.78, 5) is 12.3. The van der Waals surface area contributed by atoms with E-state index in [1.54, 1.807) is 0 Å². The van der Waals surface area contributed by atoms with E-state index in [1.165, 1.54) is 12.0 Å². The molecule has 4 aliphatic rings. The van der Waals surface area contributed by atoms with Crippen LogP contribution < -0.4 is 11.3 Å². The number of carbonyl (C=O) groups excluding carboxylic acids is 1. The van der Waals surface area contributed by atoms with Crippen LogP contribution in [0.4, 0.5) is 0 Å². The summed E-state index contributed by atoms with van der Waals surface area (Å²) in [6, 6.07) is 0. The molecule has 0 aromatic heterocycles. The van der Waals surface area contributed by atoms with Gasteiger partial charge in [-0.15, -0.1) is 0 Å². The number of nitrogens with one attached hydrogen (secondary N) is 1. The SMILES string of the molecule is C[C@]12CC[C@@H]3[C@H](CC=C4C[C@H](O)CC[C@@]43C)[C@H]1CC[C@H]2C(=O)NN. The van der Waals surface area contributed by atoms with E-state index in [9.17, 15) is 9.90 Å². The van der Waals surface area contributed by atoms with Gasteiger partial charge in [0.05, 0.1) is 6.10 Å². The Morgan fingerprint density at radius 1 is 1.21 bits per heavy atom. The van der Waals surface area contributed by atoms with Gasteiger partial charge in [-0.2, -0.15) is 0 Å². The molecule has 4 nitrogen and oxygen atoms in total. The molecule has 134 valence electrons. The predicted octanol–water partition coefficient (Wildman–Crippen LogP) is 2.92. The van der Waals surface area contributed by atoms with Gasteiger partial charge in [0.25, 0.3) is 0 Å². The van der Waals surface area contributed by atoms with Crippen LogP contribution in [-0.4, -0.2) is 17.1 Å². The topological polar surface area (TPSA) is 75.3 Å². The van der Waals surface area contributed by atoms with E-state index in [-0.39, 0.29) is 28.8 Å². The van der Waals surface area contributed by atoms with Gasteiger partial charge in [-0.25, -0.2) is 5.84 Å². The lowest BCUT2D eigenvalue weighted by atomic mass is 9.47. The highest BCUT2D eigenvalue weighted by Crippen LogP contribution is 2.66. The Hall–Kier alpha value is -0.870. The van der Waals surface area contributed by atoms with Gasteiger partial charge < -0.3 is 5.11 Å². The molecule has 0 saturated heterocycles. The Labute approximate surface area is 145 Å². The lowest BCUT2D eigenvalue weighted by Gasteiger charge is -2.57. The van der Waals surface area contributed by atoms with Gasteiger partial charge in [0.2, 0.25) is 5.91 Å². The lowest BCUT2D eigenvalue weighted by Crippen LogP contribution is -2.52. The number of fused-ring (bicyclic) bond motifs is 5. The number of rotatable bonds is 1. The molecule has 0 radical (unpaired) electrons. The third-order valence-electron chi connectivity index (χ3n) is 8.54. The van der Waals surface area contributed by atoms with Crippen LogP contribution >= 0.6 is 0 Å². The van der Waals surface area contributed by atoms with Crippen LogP contribution in [0.1, 0.15) is 65.2 Å². The summed E-state index contributed by atoms with van der Waals surface area (Å²) >= 11 is 0. The van der Waals surface area contributed by atoms with E-state index in [0.717, 1.165) is 50.9 Å².